The number of rotatable bonds is 5. The number of aryl methyl sites for hydroxylation is 2. The van der Waals surface area contributed by atoms with Crippen molar-refractivity contribution in [2.75, 3.05) is 0 Å². The van der Waals surface area contributed by atoms with Gasteiger partial charge >= 0.3 is 0 Å². The quantitative estimate of drug-likeness (QED) is 0.778. The standard InChI is InChI=1S/C14H14F2N2O4S2/c1-9-3-4-10(2)13(7-9)23(19,20)17-18-24(21,22)14-8-11(15)5-6-12(14)16/h3-8,17-18H,1-2H3. The van der Waals surface area contributed by atoms with Crippen molar-refractivity contribution in [1.82, 2.24) is 9.66 Å². The summed E-state index contributed by atoms with van der Waals surface area (Å²) in [6.07, 6.45) is 0. The van der Waals surface area contributed by atoms with Crippen LogP contribution in [-0.4, -0.2) is 16.8 Å². The third-order valence-corrected chi connectivity index (χ3v) is 5.91. The Kier molecular flexibility index (Phi) is 5.04. The van der Waals surface area contributed by atoms with Gasteiger partial charge < -0.3 is 0 Å². The van der Waals surface area contributed by atoms with E-state index in [4.69, 9.17) is 0 Å². The molecule has 2 aromatic carbocycles. The van der Waals surface area contributed by atoms with Crippen molar-refractivity contribution in [3.63, 3.8) is 0 Å². The van der Waals surface area contributed by atoms with Crippen LogP contribution in [0.5, 0.6) is 0 Å². The fraction of sp³-hybridized carbons (Fsp3) is 0.143. The highest BCUT2D eigenvalue weighted by molar-refractivity contribution is 7.92. The fourth-order valence-electron chi connectivity index (χ4n) is 1.90. The zero-order chi connectivity index (χ0) is 18.1. The van der Waals surface area contributed by atoms with Crippen LogP contribution < -0.4 is 9.66 Å². The van der Waals surface area contributed by atoms with Crippen LogP contribution in [0.15, 0.2) is 46.2 Å². The predicted molar refractivity (Wildman–Crippen MR) is 82.9 cm³/mol. The zero-order valence-corrected chi connectivity index (χ0v) is 14.3. The third kappa shape index (κ3) is 3.96. The van der Waals surface area contributed by atoms with Gasteiger partial charge in [0.15, 0.2) is 0 Å². The molecule has 0 radical (unpaired) electrons. The summed E-state index contributed by atoms with van der Waals surface area (Å²) >= 11 is 0. The molecular formula is C14H14F2N2O4S2. The van der Waals surface area contributed by atoms with E-state index in [0.717, 1.165) is 6.07 Å². The maximum atomic E-state index is 13.6. The van der Waals surface area contributed by atoms with Gasteiger partial charge in [-0.25, -0.2) is 25.6 Å². The first kappa shape index (κ1) is 18.5. The van der Waals surface area contributed by atoms with Crippen LogP contribution in [0, 0.1) is 25.5 Å². The van der Waals surface area contributed by atoms with E-state index in [2.05, 4.69) is 0 Å². The van der Waals surface area contributed by atoms with E-state index < -0.39 is 36.6 Å². The first-order chi connectivity index (χ1) is 11.0. The van der Waals surface area contributed by atoms with Crippen LogP contribution in [0.1, 0.15) is 11.1 Å². The van der Waals surface area contributed by atoms with Gasteiger partial charge in [-0.1, -0.05) is 12.1 Å². The van der Waals surface area contributed by atoms with Crippen LogP contribution in [0.4, 0.5) is 8.78 Å². The maximum Gasteiger partial charge on any atom is 0.257 e. The van der Waals surface area contributed by atoms with E-state index in [0.29, 0.717) is 23.3 Å². The SMILES string of the molecule is Cc1ccc(C)c(S(=O)(=O)NNS(=O)(=O)c2cc(F)ccc2F)c1. The lowest BCUT2D eigenvalue weighted by atomic mass is 10.2. The summed E-state index contributed by atoms with van der Waals surface area (Å²) in [6, 6.07) is 6.43. The van der Waals surface area contributed by atoms with Gasteiger partial charge in [-0.2, -0.15) is 0 Å². The molecule has 0 bridgehead atoms. The summed E-state index contributed by atoms with van der Waals surface area (Å²) in [5.74, 6) is -2.19. The van der Waals surface area contributed by atoms with E-state index in [1.807, 2.05) is 0 Å². The molecule has 2 N–H and O–H groups in total. The van der Waals surface area contributed by atoms with Crippen LogP contribution in [0.3, 0.4) is 0 Å². The molecule has 24 heavy (non-hydrogen) atoms. The summed E-state index contributed by atoms with van der Waals surface area (Å²) in [7, 11) is -8.87. The minimum atomic E-state index is -4.63. The maximum absolute atomic E-state index is 13.6. The molecule has 0 fully saturated rings. The molecule has 0 spiro atoms. The number of hydrogen-bond acceptors (Lipinski definition) is 4. The van der Waals surface area contributed by atoms with Crippen molar-refractivity contribution in [2.24, 2.45) is 0 Å². The number of sulfonamides is 2. The number of halogens is 2. The number of hydrogen-bond donors (Lipinski definition) is 2. The second-order valence-corrected chi connectivity index (χ2v) is 8.36. The molecular weight excluding hydrogens is 362 g/mol. The van der Waals surface area contributed by atoms with Gasteiger partial charge in [0.2, 0.25) is 0 Å². The molecule has 0 saturated heterocycles. The van der Waals surface area contributed by atoms with E-state index in [1.54, 1.807) is 28.7 Å². The summed E-state index contributed by atoms with van der Waals surface area (Å²) < 4.78 is 75.1. The highest BCUT2D eigenvalue weighted by Crippen LogP contribution is 2.18. The van der Waals surface area contributed by atoms with Crippen LogP contribution >= 0.6 is 0 Å². The lowest BCUT2D eigenvalue weighted by molar-refractivity contribution is 0.537. The van der Waals surface area contributed by atoms with Gasteiger partial charge in [-0.3, -0.25) is 0 Å². The Labute approximate surface area is 138 Å². The van der Waals surface area contributed by atoms with Crippen LogP contribution in [0.25, 0.3) is 0 Å². The Morgan fingerprint density at radius 3 is 2.00 bits per heavy atom. The molecule has 0 unspecified atom stereocenters. The predicted octanol–water partition coefficient (Wildman–Crippen LogP) is 1.75. The Morgan fingerprint density at radius 1 is 0.792 bits per heavy atom. The summed E-state index contributed by atoms with van der Waals surface area (Å²) in [4.78, 5) is 2.09. The van der Waals surface area contributed by atoms with Crippen molar-refractivity contribution in [2.45, 2.75) is 23.6 Å². The van der Waals surface area contributed by atoms with Crippen molar-refractivity contribution in [3.8, 4) is 0 Å². The Balaban J connectivity index is 2.32. The monoisotopic (exact) mass is 376 g/mol. The van der Waals surface area contributed by atoms with Gasteiger partial charge in [-0.15, -0.1) is 9.66 Å². The lowest BCUT2D eigenvalue weighted by Gasteiger charge is -2.12. The normalized spacial score (nSPS) is 12.3. The number of benzene rings is 2. The first-order valence-corrected chi connectivity index (χ1v) is 9.55. The second kappa shape index (κ2) is 6.55. The van der Waals surface area contributed by atoms with E-state index >= 15 is 0 Å². The smallest absolute Gasteiger partial charge is 0.207 e. The topological polar surface area (TPSA) is 92.3 Å². The highest BCUT2D eigenvalue weighted by atomic mass is 32.2. The molecule has 2 rings (SSSR count). The van der Waals surface area contributed by atoms with E-state index in [9.17, 15) is 25.6 Å². The van der Waals surface area contributed by atoms with E-state index in [1.165, 1.54) is 13.0 Å². The molecule has 0 aliphatic carbocycles. The molecule has 130 valence electrons. The highest BCUT2D eigenvalue weighted by Gasteiger charge is 2.24. The molecule has 6 nitrogen and oxygen atoms in total. The van der Waals surface area contributed by atoms with Gasteiger partial charge in [0, 0.05) is 0 Å². The molecule has 0 aliphatic rings. The molecule has 10 heteroatoms. The number of nitrogens with one attached hydrogen (secondary N) is 2. The van der Waals surface area contributed by atoms with Crippen molar-refractivity contribution < 1.29 is 25.6 Å². The third-order valence-electron chi connectivity index (χ3n) is 3.13. The molecule has 0 atom stereocenters. The summed E-state index contributed by atoms with van der Waals surface area (Å²) in [6.45, 7) is 3.21. The zero-order valence-electron chi connectivity index (χ0n) is 12.7. The number of hydrazine groups is 1. The van der Waals surface area contributed by atoms with Gasteiger partial charge in [0.05, 0.1) is 4.90 Å². The van der Waals surface area contributed by atoms with Gasteiger partial charge in [-0.05, 0) is 49.2 Å². The Morgan fingerprint density at radius 2 is 1.38 bits per heavy atom. The van der Waals surface area contributed by atoms with E-state index in [-0.39, 0.29) is 4.90 Å². The molecule has 0 saturated carbocycles. The summed E-state index contributed by atoms with van der Waals surface area (Å²) in [5, 5.41) is 0. The minimum Gasteiger partial charge on any atom is -0.207 e. The minimum absolute atomic E-state index is 0.134. The average Bonchev–Trinajstić information content (AvgIpc) is 2.50. The van der Waals surface area contributed by atoms with Crippen LogP contribution in [-0.2, 0) is 20.0 Å². The Hall–Kier alpha value is -1.88. The average molecular weight is 376 g/mol. The Bertz CT molecular complexity index is 908. The lowest BCUT2D eigenvalue weighted by Crippen LogP contribution is -2.42. The van der Waals surface area contributed by atoms with Crippen molar-refractivity contribution in [1.29, 1.82) is 0 Å². The van der Waals surface area contributed by atoms with Gasteiger partial charge in [0.1, 0.15) is 16.5 Å². The molecule has 0 heterocycles. The van der Waals surface area contributed by atoms with Gasteiger partial charge in [0.25, 0.3) is 20.0 Å². The first-order valence-electron chi connectivity index (χ1n) is 6.59. The summed E-state index contributed by atoms with van der Waals surface area (Å²) in [5.41, 5.74) is 1.05. The largest absolute Gasteiger partial charge is 0.257 e. The second-order valence-electron chi connectivity index (χ2n) is 5.05. The van der Waals surface area contributed by atoms with Crippen molar-refractivity contribution >= 4 is 20.0 Å². The van der Waals surface area contributed by atoms with Crippen molar-refractivity contribution in [3.05, 3.63) is 59.2 Å². The molecule has 0 amide bonds. The van der Waals surface area contributed by atoms with Crippen LogP contribution in [0.2, 0.25) is 0 Å². The molecule has 0 aromatic heterocycles. The molecule has 2 aromatic rings. The fourth-order valence-corrected chi connectivity index (χ4v) is 4.42. The molecule has 0 aliphatic heterocycles.